The van der Waals surface area contributed by atoms with Gasteiger partial charge < -0.3 is 9.47 Å². The van der Waals surface area contributed by atoms with Gasteiger partial charge in [-0.05, 0) is 0 Å². The van der Waals surface area contributed by atoms with Crippen molar-refractivity contribution in [2.45, 2.75) is 13.5 Å². The maximum Gasteiger partial charge on any atom is 0.186 e. The van der Waals surface area contributed by atoms with Crippen LogP contribution in [0.4, 0.5) is 5.13 Å². The molecule has 0 spiro atoms. The number of hydrogen-bond donors (Lipinski definition) is 0. The Kier molecular flexibility index (Phi) is 3.23. The zero-order chi connectivity index (χ0) is 12.4. The van der Waals surface area contributed by atoms with Crippen molar-refractivity contribution in [1.82, 2.24) is 14.5 Å². The minimum Gasteiger partial charge on any atom is -0.344 e. The molecule has 0 amide bonds. The standard InChI is InChI=1S/C11H14N4OS/c1-8(16)9-7-17-11(13-9)15(3)6-10-12-4-5-14(10)2/h4-5,7H,6H2,1-3H3. The van der Waals surface area contributed by atoms with Crippen molar-refractivity contribution in [3.05, 3.63) is 29.3 Å². The number of rotatable bonds is 4. The van der Waals surface area contributed by atoms with Gasteiger partial charge in [0.1, 0.15) is 11.5 Å². The van der Waals surface area contributed by atoms with Gasteiger partial charge in [-0.1, -0.05) is 0 Å². The van der Waals surface area contributed by atoms with Crippen LogP contribution < -0.4 is 4.90 Å². The summed E-state index contributed by atoms with van der Waals surface area (Å²) >= 11 is 1.47. The Morgan fingerprint density at radius 2 is 2.35 bits per heavy atom. The highest BCUT2D eigenvalue weighted by atomic mass is 32.1. The third kappa shape index (κ3) is 2.52. The number of aryl methyl sites for hydroxylation is 1. The number of carbonyl (C=O) groups is 1. The van der Waals surface area contributed by atoms with Gasteiger partial charge in [0, 0.05) is 38.8 Å². The van der Waals surface area contributed by atoms with Crippen LogP contribution in [-0.2, 0) is 13.6 Å². The third-order valence-electron chi connectivity index (χ3n) is 2.48. The number of carbonyl (C=O) groups excluding carboxylic acids is 1. The summed E-state index contributed by atoms with van der Waals surface area (Å²) in [6.45, 7) is 2.20. The van der Waals surface area contributed by atoms with E-state index in [1.165, 1.54) is 18.3 Å². The topological polar surface area (TPSA) is 51.0 Å². The Hall–Kier alpha value is -1.69. The van der Waals surface area contributed by atoms with E-state index in [2.05, 4.69) is 9.97 Å². The number of nitrogens with zero attached hydrogens (tertiary/aromatic N) is 4. The first-order valence-electron chi connectivity index (χ1n) is 5.21. The molecular formula is C11H14N4OS. The first-order chi connectivity index (χ1) is 8.08. The van der Waals surface area contributed by atoms with Gasteiger partial charge in [0.05, 0.1) is 6.54 Å². The summed E-state index contributed by atoms with van der Waals surface area (Å²) in [6.07, 6.45) is 3.68. The number of anilines is 1. The fourth-order valence-electron chi connectivity index (χ4n) is 1.43. The first-order valence-corrected chi connectivity index (χ1v) is 6.09. The smallest absolute Gasteiger partial charge is 0.186 e. The maximum atomic E-state index is 11.2. The van der Waals surface area contributed by atoms with E-state index in [0.717, 1.165) is 11.0 Å². The number of imidazole rings is 1. The molecule has 0 bridgehead atoms. The third-order valence-corrected chi connectivity index (χ3v) is 3.43. The van der Waals surface area contributed by atoms with Crippen LogP contribution in [0.5, 0.6) is 0 Å². The van der Waals surface area contributed by atoms with Crippen LogP contribution in [0.3, 0.4) is 0 Å². The van der Waals surface area contributed by atoms with Crippen LogP contribution in [0.1, 0.15) is 23.2 Å². The maximum absolute atomic E-state index is 11.2. The Morgan fingerprint density at radius 3 is 2.88 bits per heavy atom. The lowest BCUT2D eigenvalue weighted by Gasteiger charge is -2.14. The Morgan fingerprint density at radius 1 is 1.59 bits per heavy atom. The summed E-state index contributed by atoms with van der Waals surface area (Å²) in [5, 5.41) is 2.62. The second-order valence-corrected chi connectivity index (χ2v) is 4.72. The fraction of sp³-hybridized carbons (Fsp3) is 0.364. The van der Waals surface area contributed by atoms with E-state index in [9.17, 15) is 4.79 Å². The molecule has 0 radical (unpaired) electrons. The van der Waals surface area contributed by atoms with Gasteiger partial charge in [0.25, 0.3) is 0 Å². The Labute approximate surface area is 104 Å². The minimum absolute atomic E-state index is 0.00195. The van der Waals surface area contributed by atoms with Crippen molar-refractivity contribution in [2.75, 3.05) is 11.9 Å². The molecule has 0 unspecified atom stereocenters. The molecule has 2 rings (SSSR count). The lowest BCUT2D eigenvalue weighted by Crippen LogP contribution is -2.18. The number of ketones is 1. The molecule has 2 heterocycles. The van der Waals surface area contributed by atoms with Crippen molar-refractivity contribution < 1.29 is 4.79 Å². The molecule has 0 aliphatic heterocycles. The van der Waals surface area contributed by atoms with Crippen LogP contribution in [0.15, 0.2) is 17.8 Å². The van der Waals surface area contributed by atoms with Gasteiger partial charge in [-0.2, -0.15) is 0 Å². The van der Waals surface area contributed by atoms with E-state index in [4.69, 9.17) is 0 Å². The molecule has 6 heteroatoms. The van der Waals surface area contributed by atoms with E-state index in [-0.39, 0.29) is 5.78 Å². The summed E-state index contributed by atoms with van der Waals surface area (Å²) in [7, 11) is 3.90. The molecule has 0 aromatic carbocycles. The van der Waals surface area contributed by atoms with Crippen LogP contribution >= 0.6 is 11.3 Å². The van der Waals surface area contributed by atoms with Gasteiger partial charge in [-0.25, -0.2) is 9.97 Å². The fourth-order valence-corrected chi connectivity index (χ4v) is 2.26. The molecule has 0 N–H and O–H groups in total. The molecule has 0 atom stereocenters. The molecule has 17 heavy (non-hydrogen) atoms. The molecule has 2 aromatic heterocycles. The zero-order valence-electron chi connectivity index (χ0n) is 10.0. The van der Waals surface area contributed by atoms with Crippen molar-refractivity contribution in [1.29, 1.82) is 0 Å². The quantitative estimate of drug-likeness (QED) is 0.775. The highest BCUT2D eigenvalue weighted by molar-refractivity contribution is 7.13. The lowest BCUT2D eigenvalue weighted by atomic mass is 10.4. The Bertz CT molecular complexity index is 531. The summed E-state index contributed by atoms with van der Waals surface area (Å²) in [4.78, 5) is 21.7. The summed E-state index contributed by atoms with van der Waals surface area (Å²) in [5.41, 5.74) is 0.525. The molecule has 2 aromatic rings. The molecule has 0 saturated heterocycles. The number of aromatic nitrogens is 3. The van der Waals surface area contributed by atoms with Gasteiger partial charge in [-0.15, -0.1) is 11.3 Å². The highest BCUT2D eigenvalue weighted by Crippen LogP contribution is 2.20. The molecule has 0 saturated carbocycles. The monoisotopic (exact) mass is 250 g/mol. The zero-order valence-corrected chi connectivity index (χ0v) is 10.9. The number of Topliss-reactive ketones (excluding diaryl/α,β-unsaturated/α-hetero) is 1. The first kappa shape index (κ1) is 11.8. The largest absolute Gasteiger partial charge is 0.344 e. The van der Waals surface area contributed by atoms with E-state index < -0.39 is 0 Å². The summed E-state index contributed by atoms with van der Waals surface area (Å²) in [5.74, 6) is 0.963. The van der Waals surface area contributed by atoms with Crippen LogP contribution in [0.25, 0.3) is 0 Å². The predicted molar refractivity (Wildman–Crippen MR) is 67.4 cm³/mol. The normalized spacial score (nSPS) is 10.5. The van der Waals surface area contributed by atoms with Crippen LogP contribution in [0.2, 0.25) is 0 Å². The minimum atomic E-state index is -0.00195. The van der Waals surface area contributed by atoms with E-state index in [1.807, 2.05) is 29.8 Å². The highest BCUT2D eigenvalue weighted by Gasteiger charge is 2.11. The van der Waals surface area contributed by atoms with E-state index in [1.54, 1.807) is 11.6 Å². The van der Waals surface area contributed by atoms with Gasteiger partial charge in [-0.3, -0.25) is 4.79 Å². The van der Waals surface area contributed by atoms with Crippen molar-refractivity contribution in [3.63, 3.8) is 0 Å². The van der Waals surface area contributed by atoms with Gasteiger partial charge >= 0.3 is 0 Å². The number of hydrogen-bond acceptors (Lipinski definition) is 5. The van der Waals surface area contributed by atoms with E-state index >= 15 is 0 Å². The SMILES string of the molecule is CC(=O)c1csc(N(C)Cc2nccn2C)n1. The molecular weight excluding hydrogens is 236 g/mol. The average molecular weight is 250 g/mol. The van der Waals surface area contributed by atoms with Crippen molar-refractivity contribution in [3.8, 4) is 0 Å². The number of thiazole rings is 1. The van der Waals surface area contributed by atoms with Gasteiger partial charge in [0.2, 0.25) is 0 Å². The molecule has 5 nitrogen and oxygen atoms in total. The second-order valence-electron chi connectivity index (χ2n) is 3.88. The summed E-state index contributed by atoms with van der Waals surface area (Å²) in [6, 6.07) is 0. The summed E-state index contributed by atoms with van der Waals surface area (Å²) < 4.78 is 1.97. The van der Waals surface area contributed by atoms with Crippen LogP contribution in [-0.4, -0.2) is 27.4 Å². The molecule has 0 aliphatic carbocycles. The molecule has 0 aliphatic rings. The molecule has 90 valence electrons. The predicted octanol–water partition coefficient (Wildman–Crippen LogP) is 1.72. The van der Waals surface area contributed by atoms with E-state index in [0.29, 0.717) is 12.2 Å². The van der Waals surface area contributed by atoms with Gasteiger partial charge in [0.15, 0.2) is 10.9 Å². The van der Waals surface area contributed by atoms with Crippen LogP contribution in [0, 0.1) is 0 Å². The molecule has 0 fully saturated rings. The second kappa shape index (κ2) is 4.67. The lowest BCUT2D eigenvalue weighted by molar-refractivity contribution is 0.101. The average Bonchev–Trinajstić information content (AvgIpc) is 2.88. The Balaban J connectivity index is 2.12. The van der Waals surface area contributed by atoms with Crippen molar-refractivity contribution >= 4 is 22.3 Å². The van der Waals surface area contributed by atoms with Crippen molar-refractivity contribution in [2.24, 2.45) is 7.05 Å².